The molecule has 1 saturated heterocycles. The molecule has 1 aliphatic heterocycles. The maximum absolute atomic E-state index is 11.0. The molecule has 70 valence electrons. The predicted octanol–water partition coefficient (Wildman–Crippen LogP) is 1.56. The number of rotatable bonds is 4. The fraction of sp³-hybridized carbons (Fsp3) is 0.875. The normalized spacial score (nSPS) is 18.1. The van der Waals surface area contributed by atoms with Gasteiger partial charge in [-0.3, -0.25) is 9.52 Å². The van der Waals surface area contributed by atoms with Crippen molar-refractivity contribution in [3.05, 3.63) is 0 Å². The number of nitrogens with zero attached hydrogens (tertiary/aromatic N) is 1. The molecule has 0 aromatic heterocycles. The molecular weight excluding hydrogens is 172 g/mol. The molecular formula is C8H16N2OS. The first-order valence-corrected chi connectivity index (χ1v) is 5.31. The Hall–Kier alpha value is -0.220. The van der Waals surface area contributed by atoms with Gasteiger partial charge in [-0.1, -0.05) is 6.92 Å². The highest BCUT2D eigenvalue weighted by Crippen LogP contribution is 2.15. The third kappa shape index (κ3) is 3.45. The number of carbonyl (C=O) groups excluding carboxylic acids is 1. The van der Waals surface area contributed by atoms with E-state index in [0.29, 0.717) is 6.42 Å². The van der Waals surface area contributed by atoms with Crippen LogP contribution in [0, 0.1) is 0 Å². The zero-order valence-corrected chi connectivity index (χ0v) is 8.32. The van der Waals surface area contributed by atoms with Gasteiger partial charge in [-0.25, -0.2) is 4.31 Å². The summed E-state index contributed by atoms with van der Waals surface area (Å²) in [4.78, 5) is 11.0. The van der Waals surface area contributed by atoms with Crippen LogP contribution in [0.3, 0.4) is 0 Å². The Morgan fingerprint density at radius 3 is 2.75 bits per heavy atom. The molecule has 1 heterocycles. The van der Waals surface area contributed by atoms with Gasteiger partial charge in [-0.05, 0) is 19.3 Å². The minimum Gasteiger partial charge on any atom is -0.287 e. The second-order valence-corrected chi connectivity index (χ2v) is 3.91. The lowest BCUT2D eigenvalue weighted by molar-refractivity contribution is -0.119. The van der Waals surface area contributed by atoms with E-state index in [1.807, 2.05) is 6.92 Å². The Kier molecular flexibility index (Phi) is 4.46. The molecule has 1 amide bonds. The molecule has 0 saturated carbocycles. The van der Waals surface area contributed by atoms with Gasteiger partial charge in [0.2, 0.25) is 5.91 Å². The third-order valence-corrected chi connectivity index (χ3v) is 2.77. The Balaban J connectivity index is 2.03. The molecule has 4 heteroatoms. The Labute approximate surface area is 78.2 Å². The topological polar surface area (TPSA) is 32.3 Å². The van der Waals surface area contributed by atoms with Gasteiger partial charge >= 0.3 is 0 Å². The molecule has 0 bridgehead atoms. The largest absolute Gasteiger partial charge is 0.287 e. The number of carbonyl (C=O) groups is 1. The van der Waals surface area contributed by atoms with Crippen LogP contribution in [-0.4, -0.2) is 23.3 Å². The predicted molar refractivity (Wildman–Crippen MR) is 51.4 cm³/mol. The van der Waals surface area contributed by atoms with Crippen LogP contribution in [0.5, 0.6) is 0 Å². The van der Waals surface area contributed by atoms with E-state index >= 15 is 0 Å². The fourth-order valence-corrected chi connectivity index (χ4v) is 1.95. The molecule has 0 aliphatic carbocycles. The highest BCUT2D eigenvalue weighted by molar-refractivity contribution is 7.95. The Morgan fingerprint density at radius 1 is 1.50 bits per heavy atom. The minimum absolute atomic E-state index is 0.148. The minimum atomic E-state index is 0.148. The quantitative estimate of drug-likeness (QED) is 0.680. The van der Waals surface area contributed by atoms with E-state index in [4.69, 9.17) is 0 Å². The summed E-state index contributed by atoms with van der Waals surface area (Å²) in [7, 11) is 0. The molecule has 12 heavy (non-hydrogen) atoms. The third-order valence-electron chi connectivity index (χ3n) is 1.83. The van der Waals surface area contributed by atoms with Gasteiger partial charge in [0, 0.05) is 31.6 Å². The average Bonchev–Trinajstić information content (AvgIpc) is 2.53. The lowest BCUT2D eigenvalue weighted by atomic mass is 10.3. The molecule has 1 N–H and O–H groups in total. The van der Waals surface area contributed by atoms with Gasteiger partial charge in [0.15, 0.2) is 0 Å². The van der Waals surface area contributed by atoms with E-state index in [9.17, 15) is 4.79 Å². The summed E-state index contributed by atoms with van der Waals surface area (Å²) in [5.74, 6) is 0.148. The van der Waals surface area contributed by atoms with E-state index in [0.717, 1.165) is 19.5 Å². The SMILES string of the molecule is CCCC(=O)NSN1CCCC1. The Morgan fingerprint density at radius 2 is 2.17 bits per heavy atom. The summed E-state index contributed by atoms with van der Waals surface area (Å²) in [6.07, 6.45) is 4.08. The van der Waals surface area contributed by atoms with Gasteiger partial charge in [0.1, 0.15) is 0 Å². The van der Waals surface area contributed by atoms with E-state index in [1.54, 1.807) is 0 Å². The van der Waals surface area contributed by atoms with Gasteiger partial charge in [0.25, 0.3) is 0 Å². The molecule has 1 fully saturated rings. The van der Waals surface area contributed by atoms with Gasteiger partial charge in [-0.2, -0.15) is 0 Å². The summed E-state index contributed by atoms with van der Waals surface area (Å²) in [5, 5.41) is 0. The summed E-state index contributed by atoms with van der Waals surface area (Å²) in [6, 6.07) is 0. The van der Waals surface area contributed by atoms with E-state index in [-0.39, 0.29) is 5.91 Å². The number of amides is 1. The van der Waals surface area contributed by atoms with Crippen LogP contribution in [0.2, 0.25) is 0 Å². The van der Waals surface area contributed by atoms with E-state index < -0.39 is 0 Å². The smallest absolute Gasteiger partial charge is 0.230 e. The molecule has 0 spiro atoms. The van der Waals surface area contributed by atoms with Gasteiger partial charge in [0.05, 0.1) is 0 Å². The van der Waals surface area contributed by atoms with Crippen molar-refractivity contribution in [1.29, 1.82) is 0 Å². The van der Waals surface area contributed by atoms with Crippen LogP contribution in [0.25, 0.3) is 0 Å². The van der Waals surface area contributed by atoms with Crippen molar-refractivity contribution in [2.75, 3.05) is 13.1 Å². The maximum Gasteiger partial charge on any atom is 0.230 e. The Bertz CT molecular complexity index is 146. The number of hydrogen-bond donors (Lipinski definition) is 1. The lowest BCUT2D eigenvalue weighted by Gasteiger charge is -2.12. The van der Waals surface area contributed by atoms with Gasteiger partial charge in [-0.15, -0.1) is 0 Å². The molecule has 0 unspecified atom stereocenters. The van der Waals surface area contributed by atoms with Crippen molar-refractivity contribution >= 4 is 18.0 Å². The number of hydrogen-bond acceptors (Lipinski definition) is 3. The molecule has 0 aromatic carbocycles. The first-order chi connectivity index (χ1) is 5.83. The first-order valence-electron chi connectivity index (χ1n) is 4.53. The summed E-state index contributed by atoms with van der Waals surface area (Å²) in [6.45, 7) is 4.23. The van der Waals surface area contributed by atoms with Crippen LogP contribution in [0.4, 0.5) is 0 Å². The van der Waals surface area contributed by atoms with Crippen LogP contribution in [0.15, 0.2) is 0 Å². The number of nitrogens with one attached hydrogen (secondary N) is 1. The fourth-order valence-electron chi connectivity index (χ4n) is 1.17. The highest BCUT2D eigenvalue weighted by atomic mass is 32.2. The van der Waals surface area contributed by atoms with Crippen molar-refractivity contribution in [2.24, 2.45) is 0 Å². The maximum atomic E-state index is 11.0. The molecule has 1 aliphatic rings. The molecule has 0 aromatic rings. The van der Waals surface area contributed by atoms with Crippen LogP contribution in [0.1, 0.15) is 32.6 Å². The van der Waals surface area contributed by atoms with Gasteiger partial charge < -0.3 is 0 Å². The first kappa shape index (κ1) is 9.86. The summed E-state index contributed by atoms with van der Waals surface area (Å²) in [5.41, 5.74) is 0. The van der Waals surface area contributed by atoms with Crippen molar-refractivity contribution in [1.82, 2.24) is 9.03 Å². The van der Waals surface area contributed by atoms with Crippen LogP contribution in [-0.2, 0) is 4.79 Å². The highest BCUT2D eigenvalue weighted by Gasteiger charge is 2.12. The van der Waals surface area contributed by atoms with E-state index in [2.05, 4.69) is 9.03 Å². The second-order valence-electron chi connectivity index (χ2n) is 3.00. The van der Waals surface area contributed by atoms with Crippen molar-refractivity contribution < 1.29 is 4.79 Å². The van der Waals surface area contributed by atoms with Crippen molar-refractivity contribution in [3.8, 4) is 0 Å². The summed E-state index contributed by atoms with van der Waals surface area (Å²) >= 11 is 1.47. The monoisotopic (exact) mass is 188 g/mol. The molecule has 0 radical (unpaired) electrons. The van der Waals surface area contributed by atoms with E-state index in [1.165, 1.54) is 25.0 Å². The average molecular weight is 188 g/mol. The molecule has 3 nitrogen and oxygen atoms in total. The second kappa shape index (κ2) is 5.43. The zero-order chi connectivity index (χ0) is 8.81. The molecule has 1 rings (SSSR count). The molecule has 0 atom stereocenters. The van der Waals surface area contributed by atoms with Crippen LogP contribution >= 0.6 is 12.1 Å². The van der Waals surface area contributed by atoms with Crippen molar-refractivity contribution in [2.45, 2.75) is 32.6 Å². The summed E-state index contributed by atoms with van der Waals surface area (Å²) < 4.78 is 5.03. The lowest BCUT2D eigenvalue weighted by Crippen LogP contribution is -2.22. The van der Waals surface area contributed by atoms with Crippen LogP contribution < -0.4 is 4.72 Å². The standard InChI is InChI=1S/C8H16N2OS/c1-2-5-8(11)9-12-10-6-3-4-7-10/h2-7H2,1H3,(H,9,11). The zero-order valence-electron chi connectivity index (χ0n) is 7.51. The van der Waals surface area contributed by atoms with Crippen molar-refractivity contribution in [3.63, 3.8) is 0 Å².